The van der Waals surface area contributed by atoms with Crippen molar-refractivity contribution in [2.45, 2.75) is 33.1 Å². The summed E-state index contributed by atoms with van der Waals surface area (Å²) < 4.78 is 26.0. The highest BCUT2D eigenvalue weighted by molar-refractivity contribution is 7.89. The molecule has 3 rings (SSSR count). The molecule has 0 bridgehead atoms. The molecule has 2 saturated heterocycles. The minimum atomic E-state index is -3.11. The summed E-state index contributed by atoms with van der Waals surface area (Å²) in [6, 6.07) is 2.04. The van der Waals surface area contributed by atoms with E-state index in [9.17, 15) is 8.42 Å². The Hall–Kier alpha value is -1.41. The van der Waals surface area contributed by atoms with Crippen molar-refractivity contribution in [3.63, 3.8) is 0 Å². The van der Waals surface area contributed by atoms with Crippen LogP contribution >= 0.6 is 0 Å². The Morgan fingerprint density at radius 1 is 1.00 bits per heavy atom. The number of aromatic nitrogens is 2. The van der Waals surface area contributed by atoms with Crippen LogP contribution < -0.4 is 9.80 Å². The van der Waals surface area contributed by atoms with Gasteiger partial charge in [-0.25, -0.2) is 13.4 Å². The van der Waals surface area contributed by atoms with E-state index in [0.29, 0.717) is 32.6 Å². The molecule has 0 radical (unpaired) electrons. The van der Waals surface area contributed by atoms with Crippen LogP contribution in [0.4, 0.5) is 11.8 Å². The molecule has 24 heavy (non-hydrogen) atoms. The molecule has 0 unspecified atom stereocenters. The van der Waals surface area contributed by atoms with Gasteiger partial charge < -0.3 is 9.80 Å². The van der Waals surface area contributed by atoms with Crippen molar-refractivity contribution in [3.8, 4) is 0 Å². The van der Waals surface area contributed by atoms with Crippen LogP contribution in [0.1, 0.15) is 31.9 Å². The van der Waals surface area contributed by atoms with Gasteiger partial charge in [0.25, 0.3) is 0 Å². The number of hydrogen-bond donors (Lipinski definition) is 0. The van der Waals surface area contributed by atoms with Crippen molar-refractivity contribution in [1.82, 2.24) is 14.3 Å². The number of hydrogen-bond acceptors (Lipinski definition) is 6. The topological polar surface area (TPSA) is 69.6 Å². The van der Waals surface area contributed by atoms with Crippen LogP contribution in [0.3, 0.4) is 0 Å². The van der Waals surface area contributed by atoms with E-state index < -0.39 is 10.0 Å². The zero-order valence-electron chi connectivity index (χ0n) is 14.6. The lowest BCUT2D eigenvalue weighted by molar-refractivity contribution is 0.382. The summed E-state index contributed by atoms with van der Waals surface area (Å²) in [5.41, 5.74) is 0.961. The van der Waals surface area contributed by atoms with E-state index in [1.54, 1.807) is 4.31 Å². The van der Waals surface area contributed by atoms with Crippen LogP contribution in [0.15, 0.2) is 6.07 Å². The molecule has 8 heteroatoms. The molecule has 2 fully saturated rings. The van der Waals surface area contributed by atoms with Gasteiger partial charge in [0.2, 0.25) is 16.0 Å². The van der Waals surface area contributed by atoms with Gasteiger partial charge in [-0.3, -0.25) is 0 Å². The summed E-state index contributed by atoms with van der Waals surface area (Å²) >= 11 is 0. The number of nitrogens with zero attached hydrogens (tertiary/aromatic N) is 5. The van der Waals surface area contributed by atoms with Gasteiger partial charge >= 0.3 is 0 Å². The fourth-order valence-corrected chi connectivity index (χ4v) is 4.83. The maximum absolute atomic E-state index is 12.2. The fourth-order valence-electron chi connectivity index (χ4n) is 3.34. The van der Waals surface area contributed by atoms with Gasteiger partial charge in [-0.1, -0.05) is 6.92 Å². The van der Waals surface area contributed by atoms with Crippen LogP contribution in [-0.2, 0) is 10.0 Å². The zero-order chi connectivity index (χ0) is 17.2. The molecule has 0 saturated carbocycles. The molecule has 0 N–H and O–H groups in total. The molecule has 0 amide bonds. The molecule has 1 aromatic rings. The summed E-state index contributed by atoms with van der Waals surface area (Å²) in [5.74, 6) is 1.95. The lowest BCUT2D eigenvalue weighted by atomic mass is 10.3. The highest BCUT2D eigenvalue weighted by Crippen LogP contribution is 2.22. The van der Waals surface area contributed by atoms with Crippen molar-refractivity contribution in [2.75, 3.05) is 54.8 Å². The molecule has 3 heterocycles. The number of aryl methyl sites for hydroxylation is 1. The largest absolute Gasteiger partial charge is 0.356 e. The van der Waals surface area contributed by atoms with E-state index >= 15 is 0 Å². The van der Waals surface area contributed by atoms with E-state index in [-0.39, 0.29) is 5.75 Å². The third kappa shape index (κ3) is 3.80. The number of sulfonamides is 1. The summed E-state index contributed by atoms with van der Waals surface area (Å²) in [6.45, 7) is 8.31. The first kappa shape index (κ1) is 17.4. The zero-order valence-corrected chi connectivity index (χ0v) is 15.4. The minimum Gasteiger partial charge on any atom is -0.356 e. The third-order valence-electron chi connectivity index (χ3n) is 4.64. The average Bonchev–Trinajstić information content (AvgIpc) is 3.09. The van der Waals surface area contributed by atoms with E-state index in [1.807, 2.05) is 19.9 Å². The van der Waals surface area contributed by atoms with Gasteiger partial charge in [-0.2, -0.15) is 9.29 Å². The first-order valence-corrected chi connectivity index (χ1v) is 10.4. The monoisotopic (exact) mass is 353 g/mol. The van der Waals surface area contributed by atoms with Crippen LogP contribution in [0.25, 0.3) is 0 Å². The molecule has 2 aliphatic rings. The van der Waals surface area contributed by atoms with Gasteiger partial charge in [0.05, 0.1) is 5.75 Å². The number of piperazine rings is 1. The van der Waals surface area contributed by atoms with Crippen molar-refractivity contribution >= 4 is 21.8 Å². The Kier molecular flexibility index (Phi) is 5.24. The SMILES string of the molecule is CCCS(=O)(=O)N1CCN(c2nc(C)cc(N3CCCC3)n2)CC1. The first-order chi connectivity index (χ1) is 11.5. The molecule has 1 aromatic heterocycles. The number of anilines is 2. The molecule has 7 nitrogen and oxygen atoms in total. The quantitative estimate of drug-likeness (QED) is 0.793. The standard InChI is InChI=1S/C16H27N5O2S/c1-3-12-24(22,23)21-10-8-20(9-11-21)16-17-14(2)13-15(18-16)19-6-4-5-7-19/h13H,3-12H2,1-2H3. The van der Waals surface area contributed by atoms with Crippen molar-refractivity contribution in [3.05, 3.63) is 11.8 Å². The first-order valence-electron chi connectivity index (χ1n) is 8.83. The fraction of sp³-hybridized carbons (Fsp3) is 0.750. The second kappa shape index (κ2) is 7.23. The number of rotatable bonds is 5. The Morgan fingerprint density at radius 3 is 2.29 bits per heavy atom. The lowest BCUT2D eigenvalue weighted by Crippen LogP contribution is -2.49. The Labute approximate surface area is 144 Å². The van der Waals surface area contributed by atoms with Gasteiger partial charge in [0.15, 0.2) is 0 Å². The Bertz CT molecular complexity index is 665. The smallest absolute Gasteiger partial charge is 0.227 e. The Morgan fingerprint density at radius 2 is 1.67 bits per heavy atom. The molecule has 0 atom stereocenters. The second-order valence-corrected chi connectivity index (χ2v) is 8.65. The van der Waals surface area contributed by atoms with Crippen LogP contribution in [0.2, 0.25) is 0 Å². The normalized spacial score (nSPS) is 19.9. The van der Waals surface area contributed by atoms with E-state index in [1.165, 1.54) is 12.8 Å². The van der Waals surface area contributed by atoms with Gasteiger partial charge in [-0.15, -0.1) is 0 Å². The van der Waals surface area contributed by atoms with Crippen LogP contribution in [-0.4, -0.2) is 67.7 Å². The Balaban J connectivity index is 1.70. The molecule has 2 aliphatic heterocycles. The summed E-state index contributed by atoms with van der Waals surface area (Å²) in [6.07, 6.45) is 3.08. The summed E-state index contributed by atoms with van der Waals surface area (Å²) in [7, 11) is -3.11. The molecule has 0 spiro atoms. The molecule has 134 valence electrons. The van der Waals surface area contributed by atoms with Crippen LogP contribution in [0.5, 0.6) is 0 Å². The van der Waals surface area contributed by atoms with E-state index in [2.05, 4.69) is 14.8 Å². The van der Waals surface area contributed by atoms with E-state index in [4.69, 9.17) is 4.98 Å². The van der Waals surface area contributed by atoms with Crippen LogP contribution in [0, 0.1) is 6.92 Å². The van der Waals surface area contributed by atoms with Crippen molar-refractivity contribution < 1.29 is 8.42 Å². The maximum atomic E-state index is 12.2. The summed E-state index contributed by atoms with van der Waals surface area (Å²) in [5, 5.41) is 0. The molecular formula is C16H27N5O2S. The average molecular weight is 353 g/mol. The molecule has 0 aromatic carbocycles. The molecule has 0 aliphatic carbocycles. The van der Waals surface area contributed by atoms with Gasteiger partial charge in [-0.05, 0) is 26.2 Å². The van der Waals surface area contributed by atoms with Gasteiger partial charge in [0, 0.05) is 51.0 Å². The lowest BCUT2D eigenvalue weighted by Gasteiger charge is -2.34. The predicted octanol–water partition coefficient (Wildman–Crippen LogP) is 1.25. The van der Waals surface area contributed by atoms with Crippen molar-refractivity contribution in [1.29, 1.82) is 0 Å². The minimum absolute atomic E-state index is 0.229. The van der Waals surface area contributed by atoms with Gasteiger partial charge in [0.1, 0.15) is 5.82 Å². The summed E-state index contributed by atoms with van der Waals surface area (Å²) in [4.78, 5) is 13.7. The molecular weight excluding hydrogens is 326 g/mol. The predicted molar refractivity (Wildman–Crippen MR) is 96.1 cm³/mol. The second-order valence-electron chi connectivity index (χ2n) is 6.56. The van der Waals surface area contributed by atoms with E-state index in [0.717, 1.165) is 30.5 Å². The highest BCUT2D eigenvalue weighted by Gasteiger charge is 2.27. The van der Waals surface area contributed by atoms with Crippen molar-refractivity contribution in [2.24, 2.45) is 0 Å². The third-order valence-corrected chi connectivity index (χ3v) is 6.71. The maximum Gasteiger partial charge on any atom is 0.227 e. The highest BCUT2D eigenvalue weighted by atomic mass is 32.2.